The van der Waals surface area contributed by atoms with Crippen molar-refractivity contribution in [1.82, 2.24) is 4.90 Å². The predicted octanol–water partition coefficient (Wildman–Crippen LogP) is 4.05. The molecule has 1 N–H and O–H groups in total. The summed E-state index contributed by atoms with van der Waals surface area (Å²) in [5.41, 5.74) is 0.687. The molecule has 0 radical (unpaired) electrons. The summed E-state index contributed by atoms with van der Waals surface area (Å²) in [6.45, 7) is 4.43. The van der Waals surface area contributed by atoms with Crippen LogP contribution in [0.15, 0.2) is 36.4 Å². The topological polar surface area (TPSA) is 119 Å². The lowest BCUT2D eigenvalue weighted by molar-refractivity contribution is -0.394. The molecule has 1 aliphatic rings. The van der Waals surface area contributed by atoms with Crippen molar-refractivity contribution in [2.75, 3.05) is 18.4 Å². The maximum Gasteiger partial charge on any atom is 0.279 e. The number of likely N-dealkylation sites (tertiary alicyclic amines) is 1. The van der Waals surface area contributed by atoms with Gasteiger partial charge in [-0.1, -0.05) is 18.6 Å². The molecule has 3 rings (SSSR count). The van der Waals surface area contributed by atoms with Gasteiger partial charge in [0.2, 0.25) is 0 Å². The maximum atomic E-state index is 12.6. The van der Waals surface area contributed by atoms with Gasteiger partial charge >= 0.3 is 0 Å². The molecule has 0 bridgehead atoms. The third-order valence-electron chi connectivity index (χ3n) is 5.08. The van der Waals surface area contributed by atoms with Gasteiger partial charge in [-0.25, -0.2) is 0 Å². The molecule has 2 aromatic carbocycles. The third-order valence-corrected chi connectivity index (χ3v) is 5.08. The van der Waals surface area contributed by atoms with Crippen molar-refractivity contribution in [3.63, 3.8) is 0 Å². The summed E-state index contributed by atoms with van der Waals surface area (Å²) in [5.74, 6) is -0.627. The van der Waals surface area contributed by atoms with Crippen LogP contribution in [-0.2, 0) is 6.54 Å². The Bertz CT molecular complexity index is 937. The number of carbonyl (C=O) groups is 1. The van der Waals surface area contributed by atoms with E-state index in [1.54, 1.807) is 12.1 Å². The van der Waals surface area contributed by atoms with Crippen LogP contribution in [-0.4, -0.2) is 33.7 Å². The van der Waals surface area contributed by atoms with Gasteiger partial charge in [0, 0.05) is 23.9 Å². The van der Waals surface area contributed by atoms with Gasteiger partial charge in [0.25, 0.3) is 17.3 Å². The van der Waals surface area contributed by atoms with E-state index in [0.717, 1.165) is 37.3 Å². The van der Waals surface area contributed by atoms with E-state index >= 15 is 0 Å². The number of nitro benzene ring substituents is 2. The van der Waals surface area contributed by atoms with E-state index in [2.05, 4.69) is 10.2 Å². The van der Waals surface area contributed by atoms with E-state index in [1.165, 1.54) is 26.2 Å². The SMILES string of the molecule is Cc1c(C(=O)Nc2ccc(CN3CCCCC3)cc2)cc([N+](=O)[O-])cc1[N+](=O)[O-]. The Balaban J connectivity index is 1.76. The average molecular weight is 398 g/mol. The van der Waals surface area contributed by atoms with Gasteiger partial charge in [-0.05, 0) is 50.6 Å². The summed E-state index contributed by atoms with van der Waals surface area (Å²) < 4.78 is 0. The summed E-state index contributed by atoms with van der Waals surface area (Å²) in [6.07, 6.45) is 3.70. The normalized spacial score (nSPS) is 14.4. The fourth-order valence-corrected chi connectivity index (χ4v) is 3.48. The highest BCUT2D eigenvalue weighted by atomic mass is 16.6. The Morgan fingerprint density at radius 1 is 1.03 bits per heavy atom. The molecule has 152 valence electrons. The molecule has 0 aliphatic carbocycles. The predicted molar refractivity (Wildman–Crippen MR) is 108 cm³/mol. The van der Waals surface area contributed by atoms with Crippen molar-refractivity contribution in [3.8, 4) is 0 Å². The van der Waals surface area contributed by atoms with Crippen molar-refractivity contribution in [2.24, 2.45) is 0 Å². The average Bonchev–Trinajstić information content (AvgIpc) is 2.70. The Hall–Kier alpha value is -3.33. The molecule has 0 saturated carbocycles. The number of piperidine rings is 1. The molecule has 9 heteroatoms. The molecule has 1 amide bonds. The first-order valence-electron chi connectivity index (χ1n) is 9.41. The third kappa shape index (κ3) is 4.94. The van der Waals surface area contributed by atoms with Crippen LogP contribution in [0.25, 0.3) is 0 Å². The van der Waals surface area contributed by atoms with Crippen LogP contribution < -0.4 is 5.32 Å². The number of carbonyl (C=O) groups excluding carboxylic acids is 1. The lowest BCUT2D eigenvalue weighted by Gasteiger charge is -2.26. The number of hydrogen-bond donors (Lipinski definition) is 1. The zero-order valence-corrected chi connectivity index (χ0v) is 16.1. The molecule has 0 atom stereocenters. The van der Waals surface area contributed by atoms with Crippen LogP contribution in [0.4, 0.5) is 17.1 Å². The molecule has 1 saturated heterocycles. The largest absolute Gasteiger partial charge is 0.322 e. The fourth-order valence-electron chi connectivity index (χ4n) is 3.48. The van der Waals surface area contributed by atoms with Crippen LogP contribution in [0.3, 0.4) is 0 Å². The molecule has 9 nitrogen and oxygen atoms in total. The van der Waals surface area contributed by atoms with Gasteiger partial charge in [-0.3, -0.25) is 29.9 Å². The van der Waals surface area contributed by atoms with Crippen LogP contribution in [0.1, 0.15) is 40.7 Å². The van der Waals surface area contributed by atoms with Crippen LogP contribution in [0.2, 0.25) is 0 Å². The molecule has 1 fully saturated rings. The second-order valence-corrected chi connectivity index (χ2v) is 7.14. The summed E-state index contributed by atoms with van der Waals surface area (Å²) in [4.78, 5) is 35.8. The maximum absolute atomic E-state index is 12.6. The van der Waals surface area contributed by atoms with Crippen molar-refractivity contribution >= 4 is 23.0 Å². The van der Waals surface area contributed by atoms with Crippen molar-refractivity contribution in [2.45, 2.75) is 32.7 Å². The van der Waals surface area contributed by atoms with E-state index in [9.17, 15) is 25.0 Å². The van der Waals surface area contributed by atoms with E-state index in [1.807, 2.05) is 12.1 Å². The number of nitrogens with one attached hydrogen (secondary N) is 1. The molecule has 0 spiro atoms. The highest BCUT2D eigenvalue weighted by molar-refractivity contribution is 6.06. The summed E-state index contributed by atoms with van der Waals surface area (Å²) in [6, 6.07) is 9.29. The van der Waals surface area contributed by atoms with Crippen molar-refractivity contribution < 1.29 is 14.6 Å². The standard InChI is InChI=1S/C20H22N4O5/c1-14-18(11-17(23(26)27)12-19(14)24(28)29)20(25)21-16-7-5-15(6-8-16)13-22-9-3-2-4-10-22/h5-8,11-12H,2-4,9-10,13H2,1H3,(H,21,25). The van der Waals surface area contributed by atoms with Crippen molar-refractivity contribution in [3.05, 3.63) is 73.3 Å². The van der Waals surface area contributed by atoms with Crippen molar-refractivity contribution in [1.29, 1.82) is 0 Å². The fraction of sp³-hybridized carbons (Fsp3) is 0.350. The van der Waals surface area contributed by atoms with Gasteiger partial charge < -0.3 is 5.32 Å². The number of nitrogens with zero attached hydrogens (tertiary/aromatic N) is 3. The Morgan fingerprint density at radius 2 is 1.69 bits per heavy atom. The Morgan fingerprint density at radius 3 is 2.28 bits per heavy atom. The minimum absolute atomic E-state index is 0.0832. The molecule has 2 aromatic rings. The number of anilines is 1. The first kappa shape index (κ1) is 20.4. The smallest absolute Gasteiger partial charge is 0.279 e. The molecular formula is C20H22N4O5. The first-order valence-corrected chi connectivity index (χ1v) is 9.41. The quantitative estimate of drug-likeness (QED) is 0.579. The number of rotatable bonds is 6. The summed E-state index contributed by atoms with van der Waals surface area (Å²) >= 11 is 0. The molecule has 0 unspecified atom stereocenters. The second kappa shape index (κ2) is 8.78. The Labute approximate surface area is 167 Å². The number of hydrogen-bond acceptors (Lipinski definition) is 6. The molecule has 29 heavy (non-hydrogen) atoms. The van der Waals surface area contributed by atoms with E-state index < -0.39 is 27.1 Å². The van der Waals surface area contributed by atoms with Gasteiger partial charge in [0.15, 0.2) is 0 Å². The summed E-state index contributed by atoms with van der Waals surface area (Å²) in [5, 5.41) is 24.9. The van der Waals surface area contributed by atoms with Gasteiger partial charge in [-0.15, -0.1) is 0 Å². The number of benzene rings is 2. The van der Waals surface area contributed by atoms with Gasteiger partial charge in [0.05, 0.1) is 21.5 Å². The zero-order valence-electron chi connectivity index (χ0n) is 16.1. The Kier molecular flexibility index (Phi) is 6.18. The monoisotopic (exact) mass is 398 g/mol. The van der Waals surface area contributed by atoms with E-state index in [-0.39, 0.29) is 11.1 Å². The lowest BCUT2D eigenvalue weighted by Crippen LogP contribution is -2.29. The van der Waals surface area contributed by atoms with Crippen LogP contribution >= 0.6 is 0 Å². The minimum atomic E-state index is -0.751. The highest BCUT2D eigenvalue weighted by Crippen LogP contribution is 2.28. The van der Waals surface area contributed by atoms with Crippen LogP contribution in [0, 0.1) is 27.2 Å². The van der Waals surface area contributed by atoms with Gasteiger partial charge in [-0.2, -0.15) is 0 Å². The lowest BCUT2D eigenvalue weighted by atomic mass is 10.0. The molecule has 1 aliphatic heterocycles. The first-order chi connectivity index (χ1) is 13.8. The minimum Gasteiger partial charge on any atom is -0.322 e. The number of non-ortho nitro benzene ring substituents is 1. The zero-order chi connectivity index (χ0) is 21.0. The molecule has 0 aromatic heterocycles. The van der Waals surface area contributed by atoms with Crippen LogP contribution in [0.5, 0.6) is 0 Å². The molecule has 1 heterocycles. The van der Waals surface area contributed by atoms with E-state index in [0.29, 0.717) is 5.69 Å². The number of nitro groups is 2. The highest BCUT2D eigenvalue weighted by Gasteiger charge is 2.24. The summed E-state index contributed by atoms with van der Waals surface area (Å²) in [7, 11) is 0. The van der Waals surface area contributed by atoms with Gasteiger partial charge in [0.1, 0.15) is 0 Å². The number of amides is 1. The molecular weight excluding hydrogens is 376 g/mol. The van der Waals surface area contributed by atoms with E-state index in [4.69, 9.17) is 0 Å². The second-order valence-electron chi connectivity index (χ2n) is 7.14.